The van der Waals surface area contributed by atoms with Gasteiger partial charge in [-0.05, 0) is 74.0 Å². The van der Waals surface area contributed by atoms with Gasteiger partial charge < -0.3 is 10.1 Å². The first-order valence-corrected chi connectivity index (χ1v) is 9.01. The predicted octanol–water partition coefficient (Wildman–Crippen LogP) is 3.63. The smallest absolute Gasteiger partial charge is 0.411 e. The second kappa shape index (κ2) is 6.23. The summed E-state index contributed by atoms with van der Waals surface area (Å²) in [6, 6.07) is 0.771. The lowest BCUT2D eigenvalue weighted by Crippen LogP contribution is -2.47. The summed E-state index contributed by atoms with van der Waals surface area (Å²) in [7, 11) is 0. The molecule has 2 heterocycles. The molecule has 136 valence electrons. The number of hydrogen-bond donors (Lipinski definition) is 1. The first kappa shape index (κ1) is 18.1. The number of amides is 2. The maximum Gasteiger partial charge on any atom is 0.411 e. The van der Waals surface area contributed by atoms with Crippen LogP contribution in [-0.2, 0) is 9.53 Å². The van der Waals surface area contributed by atoms with Crippen molar-refractivity contribution < 1.29 is 18.7 Å². The summed E-state index contributed by atoms with van der Waals surface area (Å²) in [6.07, 6.45) is 1.04. The lowest BCUT2D eigenvalue weighted by atomic mass is 10.1. The molecule has 0 aromatic carbocycles. The number of pyridine rings is 1. The Kier molecular flexibility index (Phi) is 4.51. The highest BCUT2D eigenvalue weighted by Crippen LogP contribution is 2.48. The third-order valence-electron chi connectivity index (χ3n) is 4.38. The Morgan fingerprint density at radius 3 is 2.72 bits per heavy atom. The van der Waals surface area contributed by atoms with Gasteiger partial charge in [0.15, 0.2) is 5.82 Å². The van der Waals surface area contributed by atoms with E-state index in [1.807, 2.05) is 0 Å². The molecule has 0 radical (unpaired) electrons. The van der Waals surface area contributed by atoms with Crippen molar-refractivity contribution in [3.8, 4) is 0 Å². The van der Waals surface area contributed by atoms with Gasteiger partial charge in [0.05, 0.1) is 0 Å². The molecule has 1 unspecified atom stereocenters. The second-order valence-electron chi connectivity index (χ2n) is 7.62. The molecule has 0 bridgehead atoms. The molecule has 2 fully saturated rings. The topological polar surface area (TPSA) is 71.5 Å². The molecule has 0 spiro atoms. The first-order chi connectivity index (χ1) is 11.6. The van der Waals surface area contributed by atoms with Crippen molar-refractivity contribution in [1.29, 1.82) is 0 Å². The average Bonchev–Trinajstić information content (AvgIpc) is 3.12. The third kappa shape index (κ3) is 3.78. The van der Waals surface area contributed by atoms with E-state index in [4.69, 9.17) is 4.74 Å². The number of aromatic nitrogens is 1. The van der Waals surface area contributed by atoms with Crippen LogP contribution in [-0.4, -0.2) is 39.6 Å². The number of nitrogens with one attached hydrogen (secondary N) is 1. The maximum atomic E-state index is 13.5. The summed E-state index contributed by atoms with van der Waals surface area (Å²) in [5.74, 6) is -0.194. The molecule has 1 aliphatic heterocycles. The number of likely N-dealkylation sites (tertiary alicyclic amines) is 1. The molecule has 3 atom stereocenters. The van der Waals surface area contributed by atoms with E-state index in [1.54, 1.807) is 32.6 Å². The monoisotopic (exact) mass is 413 g/mol. The molecule has 1 aromatic heterocycles. The predicted molar refractivity (Wildman–Crippen MR) is 93.6 cm³/mol. The minimum absolute atomic E-state index is 0.0340. The van der Waals surface area contributed by atoms with Crippen LogP contribution in [0.4, 0.5) is 15.0 Å². The summed E-state index contributed by atoms with van der Waals surface area (Å²) >= 11 is 3.02. The molecule has 1 aliphatic carbocycles. The number of nitrogens with zero attached hydrogens (tertiary/aromatic N) is 2. The Labute approximate surface area is 154 Å². The summed E-state index contributed by atoms with van der Waals surface area (Å²) in [5, 5.41) is 2.71. The van der Waals surface area contributed by atoms with Gasteiger partial charge >= 0.3 is 6.09 Å². The van der Waals surface area contributed by atoms with Gasteiger partial charge in [-0.1, -0.05) is 0 Å². The van der Waals surface area contributed by atoms with E-state index < -0.39 is 23.6 Å². The van der Waals surface area contributed by atoms with Crippen LogP contribution >= 0.6 is 15.9 Å². The zero-order chi connectivity index (χ0) is 18.5. The van der Waals surface area contributed by atoms with E-state index in [9.17, 15) is 14.0 Å². The van der Waals surface area contributed by atoms with E-state index in [-0.39, 0.29) is 22.4 Å². The van der Waals surface area contributed by atoms with Crippen molar-refractivity contribution in [2.24, 2.45) is 5.92 Å². The molecule has 25 heavy (non-hydrogen) atoms. The van der Waals surface area contributed by atoms with Gasteiger partial charge in [0, 0.05) is 6.04 Å². The Balaban J connectivity index is 1.75. The SMILES string of the molecule is Cc1cc(F)c(Br)nc1NC(=O)C1C[C@H]2C[C@@H]2N1C(=O)OC(C)(C)C. The molecule has 1 aromatic rings. The fourth-order valence-corrected chi connectivity index (χ4v) is 3.44. The molecule has 1 saturated carbocycles. The fourth-order valence-electron chi connectivity index (χ4n) is 3.15. The first-order valence-electron chi connectivity index (χ1n) is 8.21. The summed E-state index contributed by atoms with van der Waals surface area (Å²) < 4.78 is 19.0. The Hall–Kier alpha value is -1.70. The molecule has 1 saturated heterocycles. The molecule has 1 N–H and O–H groups in total. The van der Waals surface area contributed by atoms with Crippen LogP contribution in [0.15, 0.2) is 10.7 Å². The van der Waals surface area contributed by atoms with Gasteiger partial charge in [-0.25, -0.2) is 14.2 Å². The quantitative estimate of drug-likeness (QED) is 0.751. The highest BCUT2D eigenvalue weighted by Gasteiger charge is 2.57. The Morgan fingerprint density at radius 1 is 1.40 bits per heavy atom. The van der Waals surface area contributed by atoms with Crippen molar-refractivity contribution in [2.75, 3.05) is 5.32 Å². The van der Waals surface area contributed by atoms with Crippen LogP contribution in [0.3, 0.4) is 0 Å². The van der Waals surface area contributed by atoms with Crippen molar-refractivity contribution in [2.45, 2.75) is 58.2 Å². The van der Waals surface area contributed by atoms with Crippen LogP contribution in [0.2, 0.25) is 0 Å². The van der Waals surface area contributed by atoms with Gasteiger partial charge in [-0.3, -0.25) is 9.69 Å². The second-order valence-corrected chi connectivity index (χ2v) is 8.37. The lowest BCUT2D eigenvalue weighted by molar-refractivity contribution is -0.121. The van der Waals surface area contributed by atoms with Gasteiger partial charge in [-0.15, -0.1) is 0 Å². The van der Waals surface area contributed by atoms with E-state index >= 15 is 0 Å². The van der Waals surface area contributed by atoms with Gasteiger partial charge in [0.2, 0.25) is 5.91 Å². The van der Waals surface area contributed by atoms with Gasteiger partial charge in [0.1, 0.15) is 22.1 Å². The number of carbonyl (C=O) groups is 2. The highest BCUT2D eigenvalue weighted by molar-refractivity contribution is 9.10. The molecule has 6 nitrogen and oxygen atoms in total. The van der Waals surface area contributed by atoms with Crippen LogP contribution in [0.5, 0.6) is 0 Å². The number of anilines is 1. The molecule has 2 aliphatic rings. The largest absolute Gasteiger partial charge is 0.444 e. The minimum atomic E-state index is -0.620. The van der Waals surface area contributed by atoms with E-state index in [2.05, 4.69) is 26.2 Å². The van der Waals surface area contributed by atoms with E-state index in [1.165, 1.54) is 6.07 Å². The molecular weight excluding hydrogens is 393 g/mol. The zero-order valence-electron chi connectivity index (χ0n) is 14.6. The standard InChI is InChI=1S/C17H21BrFN3O3/c1-8-5-10(19)13(18)20-14(8)21-15(23)12-7-9-6-11(9)22(12)16(24)25-17(2,3)4/h5,9,11-12H,6-7H2,1-4H3,(H,20,21,23)/t9-,11+,12?/m1/s1. The van der Waals surface area contributed by atoms with Crippen LogP contribution in [0, 0.1) is 18.7 Å². The van der Waals surface area contributed by atoms with Crippen molar-refractivity contribution in [3.63, 3.8) is 0 Å². The number of carbonyl (C=O) groups excluding carboxylic acids is 2. The summed E-state index contributed by atoms with van der Waals surface area (Å²) in [5.41, 5.74) is -0.105. The van der Waals surface area contributed by atoms with Crippen LogP contribution in [0.25, 0.3) is 0 Å². The zero-order valence-corrected chi connectivity index (χ0v) is 16.2. The van der Waals surface area contributed by atoms with E-state index in [0.29, 0.717) is 17.9 Å². The number of hydrogen-bond acceptors (Lipinski definition) is 4. The molecule has 2 amide bonds. The molecule has 3 rings (SSSR count). The van der Waals surface area contributed by atoms with Gasteiger partial charge in [0.25, 0.3) is 0 Å². The summed E-state index contributed by atoms with van der Waals surface area (Å²) in [4.78, 5) is 30.7. The number of piperidine rings is 1. The minimum Gasteiger partial charge on any atom is -0.444 e. The van der Waals surface area contributed by atoms with Crippen molar-refractivity contribution in [1.82, 2.24) is 9.88 Å². The maximum absolute atomic E-state index is 13.5. The van der Waals surface area contributed by atoms with Crippen LogP contribution < -0.4 is 5.32 Å². The number of ether oxygens (including phenoxy) is 1. The Bertz CT molecular complexity index is 735. The number of rotatable bonds is 2. The Morgan fingerprint density at radius 2 is 2.08 bits per heavy atom. The highest BCUT2D eigenvalue weighted by atomic mass is 79.9. The van der Waals surface area contributed by atoms with E-state index in [0.717, 1.165) is 6.42 Å². The fraction of sp³-hybridized carbons (Fsp3) is 0.588. The number of fused-ring (bicyclic) bond motifs is 1. The van der Waals surface area contributed by atoms with Crippen LogP contribution in [0.1, 0.15) is 39.2 Å². The number of aryl methyl sites for hydroxylation is 1. The van der Waals surface area contributed by atoms with Crippen molar-refractivity contribution in [3.05, 3.63) is 22.1 Å². The van der Waals surface area contributed by atoms with Gasteiger partial charge in [-0.2, -0.15) is 0 Å². The van der Waals surface area contributed by atoms with Crippen molar-refractivity contribution >= 4 is 33.7 Å². The lowest BCUT2D eigenvalue weighted by Gasteiger charge is -2.29. The third-order valence-corrected chi connectivity index (χ3v) is 4.93. The molecular formula is C17H21BrFN3O3. The summed E-state index contributed by atoms with van der Waals surface area (Å²) in [6.45, 7) is 7.05. The normalized spacial score (nSPS) is 24.7. The average molecular weight is 414 g/mol. The number of halogens is 2. The molecule has 8 heteroatoms.